The SMILES string of the molecule is CC(=O)OCC1O[C@@H](OC(C)=O)C(OC(C)=O)C(N2C=C(c3csc(N)n3)N(C)N2)[C@H]1OC(C)=O. The minimum absolute atomic E-state index is 0.322. The highest BCUT2D eigenvalue weighted by Crippen LogP contribution is 2.34. The Kier molecular flexibility index (Phi) is 8.14. The molecule has 0 saturated carbocycles. The molecule has 3 heterocycles. The number of nitrogens with zero attached hydrogens (tertiary/aromatic N) is 3. The van der Waals surface area contributed by atoms with E-state index in [0.29, 0.717) is 16.5 Å². The van der Waals surface area contributed by atoms with Gasteiger partial charge >= 0.3 is 23.9 Å². The van der Waals surface area contributed by atoms with E-state index in [4.69, 9.17) is 29.4 Å². The third-order valence-electron chi connectivity index (χ3n) is 4.95. The minimum atomic E-state index is -1.40. The van der Waals surface area contributed by atoms with Gasteiger partial charge in [0.2, 0.25) is 6.29 Å². The second-order valence-electron chi connectivity index (χ2n) is 7.75. The number of anilines is 1. The van der Waals surface area contributed by atoms with Crippen LogP contribution < -0.4 is 11.3 Å². The number of esters is 4. The summed E-state index contributed by atoms with van der Waals surface area (Å²) in [4.78, 5) is 51.6. The maximum absolute atomic E-state index is 12.0. The summed E-state index contributed by atoms with van der Waals surface area (Å²) >= 11 is 1.25. The molecule has 0 spiro atoms. The summed E-state index contributed by atoms with van der Waals surface area (Å²) in [6.45, 7) is 4.42. The van der Waals surface area contributed by atoms with Crippen molar-refractivity contribution < 1.29 is 42.9 Å². The quantitative estimate of drug-likeness (QED) is 0.362. The molecule has 5 atom stereocenters. The molecule has 0 bridgehead atoms. The van der Waals surface area contributed by atoms with E-state index < -0.39 is 54.5 Å². The largest absolute Gasteiger partial charge is 0.463 e. The smallest absolute Gasteiger partial charge is 0.305 e. The first kappa shape index (κ1) is 26.2. The zero-order chi connectivity index (χ0) is 25.9. The zero-order valence-electron chi connectivity index (χ0n) is 19.8. The number of carbonyl (C=O) groups excluding carboxylic acids is 4. The Morgan fingerprint density at radius 1 is 1.06 bits per heavy atom. The molecule has 1 aromatic heterocycles. The van der Waals surface area contributed by atoms with Crippen molar-refractivity contribution in [3.63, 3.8) is 0 Å². The summed E-state index contributed by atoms with van der Waals surface area (Å²) in [5.41, 5.74) is 10.0. The Balaban J connectivity index is 2.06. The van der Waals surface area contributed by atoms with Crippen molar-refractivity contribution in [1.29, 1.82) is 0 Å². The second kappa shape index (κ2) is 10.9. The minimum Gasteiger partial charge on any atom is -0.463 e. The van der Waals surface area contributed by atoms with Gasteiger partial charge in [-0.25, -0.2) is 4.98 Å². The van der Waals surface area contributed by atoms with Crippen LogP contribution in [-0.2, 0) is 42.9 Å². The van der Waals surface area contributed by atoms with Gasteiger partial charge in [0.05, 0.1) is 5.70 Å². The number of ether oxygens (including phenoxy) is 5. The summed E-state index contributed by atoms with van der Waals surface area (Å²) in [6, 6.07) is -0.989. The summed E-state index contributed by atoms with van der Waals surface area (Å²) < 4.78 is 27.3. The molecular formula is C20H27N5O9S. The number of carbonyl (C=O) groups is 4. The van der Waals surface area contributed by atoms with Crippen molar-refractivity contribution in [1.82, 2.24) is 20.5 Å². The molecule has 0 aliphatic carbocycles. The standard InChI is InChI=1S/C20H27N5O9S/c1-9(26)30-7-15-17(31-10(2)27)16(18(32-11(3)28)19(34-15)33-12(4)29)25-6-14(24(5)23-25)13-8-35-20(21)22-13/h6,8,15-19,23H,7H2,1-5H3,(H2,21,22)/t15?,16?,17-,18?,19+/m0/s1. The van der Waals surface area contributed by atoms with Crippen molar-refractivity contribution in [2.24, 2.45) is 0 Å². The topological polar surface area (TPSA) is 172 Å². The van der Waals surface area contributed by atoms with Gasteiger partial charge in [-0.05, 0) is 0 Å². The van der Waals surface area contributed by atoms with E-state index in [-0.39, 0.29) is 6.61 Å². The average molecular weight is 514 g/mol. The fraction of sp³-hybridized carbons (Fsp3) is 0.550. The van der Waals surface area contributed by atoms with Crippen LogP contribution in [0, 0.1) is 0 Å². The molecule has 14 nitrogen and oxygen atoms in total. The molecule has 3 rings (SSSR count). The maximum Gasteiger partial charge on any atom is 0.305 e. The van der Waals surface area contributed by atoms with Crippen molar-refractivity contribution in [2.45, 2.75) is 58.3 Å². The van der Waals surface area contributed by atoms with Crippen LogP contribution in [0.4, 0.5) is 5.13 Å². The monoisotopic (exact) mass is 513 g/mol. The third kappa shape index (κ3) is 6.37. The predicted octanol–water partition coefficient (Wildman–Crippen LogP) is -0.226. The Bertz CT molecular complexity index is 1010. The normalized spacial score (nSPS) is 26.1. The van der Waals surface area contributed by atoms with Gasteiger partial charge in [-0.15, -0.1) is 16.9 Å². The van der Waals surface area contributed by atoms with Gasteiger partial charge in [-0.1, -0.05) is 0 Å². The number of thiazole rings is 1. The molecule has 15 heteroatoms. The van der Waals surface area contributed by atoms with Crippen molar-refractivity contribution in [2.75, 3.05) is 19.4 Å². The number of hydrogen-bond donors (Lipinski definition) is 2. The average Bonchev–Trinajstić information content (AvgIpc) is 3.32. The lowest BCUT2D eigenvalue weighted by molar-refractivity contribution is -0.290. The van der Waals surface area contributed by atoms with Crippen LogP contribution in [0.1, 0.15) is 33.4 Å². The van der Waals surface area contributed by atoms with Crippen LogP contribution in [0.5, 0.6) is 0 Å². The zero-order valence-corrected chi connectivity index (χ0v) is 20.6. The number of nitrogens with one attached hydrogen (secondary N) is 1. The first-order valence-corrected chi connectivity index (χ1v) is 11.4. The molecule has 35 heavy (non-hydrogen) atoms. The van der Waals surface area contributed by atoms with E-state index in [1.165, 1.54) is 37.1 Å². The van der Waals surface area contributed by atoms with Crippen LogP contribution in [0.2, 0.25) is 0 Å². The van der Waals surface area contributed by atoms with Crippen molar-refractivity contribution >= 4 is 46.0 Å². The molecular weight excluding hydrogens is 486 g/mol. The van der Waals surface area contributed by atoms with Crippen LogP contribution in [0.15, 0.2) is 11.6 Å². The first-order chi connectivity index (χ1) is 16.5. The Morgan fingerprint density at radius 2 is 1.69 bits per heavy atom. The lowest BCUT2D eigenvalue weighted by Gasteiger charge is -2.47. The number of hydrazine groups is 2. The van der Waals surface area contributed by atoms with Gasteiger partial charge in [0, 0.05) is 46.3 Å². The molecule has 0 aromatic carbocycles. The lowest BCUT2D eigenvalue weighted by atomic mass is 9.95. The summed E-state index contributed by atoms with van der Waals surface area (Å²) in [5, 5.41) is 5.27. The first-order valence-electron chi connectivity index (χ1n) is 10.5. The van der Waals surface area contributed by atoms with E-state index in [2.05, 4.69) is 10.5 Å². The summed E-state index contributed by atoms with van der Waals surface area (Å²) in [5.74, 6) is -2.65. The number of aromatic nitrogens is 1. The molecule has 3 N–H and O–H groups in total. The molecule has 0 amide bonds. The van der Waals surface area contributed by atoms with Gasteiger partial charge in [-0.2, -0.15) is 0 Å². The fourth-order valence-electron chi connectivity index (χ4n) is 3.73. The van der Waals surface area contributed by atoms with E-state index >= 15 is 0 Å². The molecule has 2 aliphatic heterocycles. The summed E-state index contributed by atoms with van der Waals surface area (Å²) in [7, 11) is 1.71. The molecule has 3 unspecified atom stereocenters. The molecule has 1 aromatic rings. The van der Waals surface area contributed by atoms with Gasteiger partial charge in [0.15, 0.2) is 17.3 Å². The van der Waals surface area contributed by atoms with Gasteiger partial charge < -0.3 is 29.4 Å². The molecule has 2 aliphatic rings. The van der Waals surface area contributed by atoms with Crippen LogP contribution in [0.25, 0.3) is 5.70 Å². The van der Waals surface area contributed by atoms with Crippen molar-refractivity contribution in [3.05, 3.63) is 17.3 Å². The van der Waals surface area contributed by atoms with Crippen molar-refractivity contribution in [3.8, 4) is 0 Å². The van der Waals surface area contributed by atoms with E-state index in [1.807, 2.05) is 0 Å². The van der Waals surface area contributed by atoms with Gasteiger partial charge in [-0.3, -0.25) is 29.2 Å². The molecule has 1 fully saturated rings. The Labute approximate surface area is 204 Å². The van der Waals surface area contributed by atoms with Gasteiger partial charge in [0.25, 0.3) is 0 Å². The highest BCUT2D eigenvalue weighted by molar-refractivity contribution is 7.13. The molecule has 0 radical (unpaired) electrons. The maximum atomic E-state index is 12.0. The predicted molar refractivity (Wildman–Crippen MR) is 119 cm³/mol. The second-order valence-corrected chi connectivity index (χ2v) is 8.63. The Morgan fingerprint density at radius 3 is 2.23 bits per heavy atom. The highest BCUT2D eigenvalue weighted by Gasteiger charge is 2.54. The number of rotatable bonds is 7. The number of nitrogen functional groups attached to an aromatic ring is 1. The van der Waals surface area contributed by atoms with E-state index in [9.17, 15) is 19.2 Å². The summed E-state index contributed by atoms with van der Waals surface area (Å²) in [6.07, 6.45) is -3.19. The number of nitrogens with two attached hydrogens (primary N) is 1. The molecule has 192 valence electrons. The number of hydrogen-bond acceptors (Lipinski definition) is 15. The van der Waals surface area contributed by atoms with Crippen LogP contribution in [0.3, 0.4) is 0 Å². The Hall–Kier alpha value is -3.43. The van der Waals surface area contributed by atoms with E-state index in [0.717, 1.165) is 6.92 Å². The third-order valence-corrected chi connectivity index (χ3v) is 5.62. The van der Waals surface area contributed by atoms with E-state index in [1.54, 1.807) is 23.6 Å². The lowest BCUT2D eigenvalue weighted by Crippen LogP contribution is -2.68. The highest BCUT2D eigenvalue weighted by atomic mass is 32.1. The van der Waals surface area contributed by atoms with Crippen LogP contribution in [-0.4, -0.2) is 83.2 Å². The molecule has 1 saturated heterocycles. The van der Waals surface area contributed by atoms with Gasteiger partial charge in [0.1, 0.15) is 24.4 Å². The fourth-order valence-corrected chi connectivity index (χ4v) is 4.28. The van der Waals surface area contributed by atoms with Crippen LogP contribution >= 0.6 is 11.3 Å².